The lowest BCUT2D eigenvalue weighted by molar-refractivity contribution is 0.217. The van der Waals surface area contributed by atoms with Crippen LogP contribution in [0.2, 0.25) is 0 Å². The highest BCUT2D eigenvalue weighted by Gasteiger charge is 2.20. The standard InChI is InChI=1S/C14H15BrO4S/c1-17-8-4-13(20-7-8)14(16)9-5-12(19-3)10(15)6-11(9)18-2/h4-7,14,16H,1-3H3. The Morgan fingerprint density at radius 2 is 1.75 bits per heavy atom. The molecule has 2 aromatic rings. The first kappa shape index (κ1) is 15.2. The van der Waals surface area contributed by atoms with E-state index in [4.69, 9.17) is 14.2 Å². The molecule has 20 heavy (non-hydrogen) atoms. The van der Waals surface area contributed by atoms with Crippen LogP contribution in [0.3, 0.4) is 0 Å². The van der Waals surface area contributed by atoms with Gasteiger partial charge in [0.2, 0.25) is 0 Å². The van der Waals surface area contributed by atoms with Crippen LogP contribution in [0.1, 0.15) is 16.5 Å². The Labute approximate surface area is 130 Å². The Kier molecular flexibility index (Phi) is 4.91. The second kappa shape index (κ2) is 6.47. The molecule has 0 amide bonds. The van der Waals surface area contributed by atoms with Crippen molar-refractivity contribution in [2.45, 2.75) is 6.10 Å². The molecule has 0 fully saturated rings. The molecule has 0 radical (unpaired) electrons. The number of rotatable bonds is 5. The topological polar surface area (TPSA) is 47.9 Å². The van der Waals surface area contributed by atoms with Gasteiger partial charge in [0.05, 0.1) is 25.8 Å². The normalized spacial score (nSPS) is 12.1. The third-order valence-electron chi connectivity index (χ3n) is 2.90. The molecule has 1 N–H and O–H groups in total. The van der Waals surface area contributed by atoms with E-state index < -0.39 is 6.10 Å². The van der Waals surface area contributed by atoms with Gasteiger partial charge in [0.1, 0.15) is 23.4 Å². The summed E-state index contributed by atoms with van der Waals surface area (Å²) in [6, 6.07) is 5.35. The van der Waals surface area contributed by atoms with Crippen LogP contribution in [0.15, 0.2) is 28.1 Å². The van der Waals surface area contributed by atoms with E-state index in [9.17, 15) is 5.11 Å². The zero-order valence-electron chi connectivity index (χ0n) is 11.3. The number of methoxy groups -OCH3 is 3. The number of halogens is 1. The van der Waals surface area contributed by atoms with E-state index in [0.29, 0.717) is 17.1 Å². The molecule has 1 unspecified atom stereocenters. The van der Waals surface area contributed by atoms with Crippen LogP contribution in [0.4, 0.5) is 0 Å². The van der Waals surface area contributed by atoms with E-state index in [-0.39, 0.29) is 0 Å². The van der Waals surface area contributed by atoms with E-state index in [1.165, 1.54) is 11.3 Å². The minimum atomic E-state index is -0.791. The maximum Gasteiger partial charge on any atom is 0.133 e. The van der Waals surface area contributed by atoms with Crippen molar-refractivity contribution in [3.05, 3.63) is 38.5 Å². The SMILES string of the molecule is COc1csc(C(O)c2cc(OC)c(Br)cc2OC)c1. The van der Waals surface area contributed by atoms with Gasteiger partial charge in [-0.2, -0.15) is 0 Å². The number of aliphatic hydroxyl groups excluding tert-OH is 1. The fourth-order valence-electron chi connectivity index (χ4n) is 1.84. The highest BCUT2D eigenvalue weighted by molar-refractivity contribution is 9.10. The van der Waals surface area contributed by atoms with Crippen molar-refractivity contribution in [2.24, 2.45) is 0 Å². The summed E-state index contributed by atoms with van der Waals surface area (Å²) in [5.41, 5.74) is 0.650. The number of hydrogen-bond acceptors (Lipinski definition) is 5. The minimum absolute atomic E-state index is 0.595. The quantitative estimate of drug-likeness (QED) is 0.886. The number of thiophene rings is 1. The van der Waals surface area contributed by atoms with Crippen molar-refractivity contribution >= 4 is 27.3 Å². The Hall–Kier alpha value is -1.24. The largest absolute Gasteiger partial charge is 0.496 e. The van der Waals surface area contributed by atoms with E-state index in [1.54, 1.807) is 33.5 Å². The number of aliphatic hydroxyl groups is 1. The third-order valence-corrected chi connectivity index (χ3v) is 4.48. The molecule has 108 valence electrons. The van der Waals surface area contributed by atoms with E-state index >= 15 is 0 Å². The molecule has 0 bridgehead atoms. The van der Waals surface area contributed by atoms with Crippen LogP contribution in [-0.2, 0) is 0 Å². The first-order valence-electron chi connectivity index (χ1n) is 5.82. The molecule has 1 aromatic carbocycles. The van der Waals surface area contributed by atoms with Gasteiger partial charge < -0.3 is 19.3 Å². The van der Waals surface area contributed by atoms with Crippen LogP contribution >= 0.6 is 27.3 Å². The maximum absolute atomic E-state index is 10.5. The van der Waals surface area contributed by atoms with E-state index in [1.807, 2.05) is 11.4 Å². The van der Waals surface area contributed by atoms with Gasteiger partial charge >= 0.3 is 0 Å². The fourth-order valence-corrected chi connectivity index (χ4v) is 3.18. The highest BCUT2D eigenvalue weighted by atomic mass is 79.9. The Bertz CT molecular complexity index is 597. The summed E-state index contributed by atoms with van der Waals surface area (Å²) in [6.45, 7) is 0. The lowest BCUT2D eigenvalue weighted by atomic mass is 10.1. The molecule has 0 aliphatic rings. The van der Waals surface area contributed by atoms with Crippen LogP contribution < -0.4 is 14.2 Å². The zero-order chi connectivity index (χ0) is 14.7. The molecule has 1 atom stereocenters. The molecule has 6 heteroatoms. The molecule has 4 nitrogen and oxygen atoms in total. The lowest BCUT2D eigenvalue weighted by Gasteiger charge is -2.16. The summed E-state index contributed by atoms with van der Waals surface area (Å²) in [5, 5.41) is 12.4. The molecule has 0 aliphatic heterocycles. The maximum atomic E-state index is 10.5. The van der Waals surface area contributed by atoms with Gasteiger partial charge in [0.15, 0.2) is 0 Å². The van der Waals surface area contributed by atoms with Gasteiger partial charge in [-0.1, -0.05) is 0 Å². The van der Waals surface area contributed by atoms with Gasteiger partial charge in [-0.3, -0.25) is 0 Å². The van der Waals surface area contributed by atoms with Gasteiger partial charge in [-0.05, 0) is 34.1 Å². The lowest BCUT2D eigenvalue weighted by Crippen LogP contribution is -2.02. The molecular weight excluding hydrogens is 344 g/mol. The Morgan fingerprint density at radius 1 is 1.05 bits per heavy atom. The Morgan fingerprint density at radius 3 is 2.30 bits per heavy atom. The molecule has 0 spiro atoms. The summed E-state index contributed by atoms with van der Waals surface area (Å²) in [5.74, 6) is 1.97. The second-order valence-corrected chi connectivity index (χ2v) is 5.82. The third kappa shape index (κ3) is 2.92. The van der Waals surface area contributed by atoms with Crippen molar-refractivity contribution in [1.82, 2.24) is 0 Å². The zero-order valence-corrected chi connectivity index (χ0v) is 13.7. The summed E-state index contributed by atoms with van der Waals surface area (Å²) >= 11 is 4.83. The molecule has 0 saturated heterocycles. The van der Waals surface area contributed by atoms with E-state index in [0.717, 1.165) is 15.1 Å². The van der Waals surface area contributed by atoms with Crippen LogP contribution in [0, 0.1) is 0 Å². The predicted molar refractivity (Wildman–Crippen MR) is 82.2 cm³/mol. The minimum Gasteiger partial charge on any atom is -0.496 e. The van der Waals surface area contributed by atoms with Crippen molar-refractivity contribution in [1.29, 1.82) is 0 Å². The van der Waals surface area contributed by atoms with Gasteiger partial charge in [0, 0.05) is 15.8 Å². The average Bonchev–Trinajstić information content (AvgIpc) is 2.95. The van der Waals surface area contributed by atoms with Crippen LogP contribution in [0.5, 0.6) is 17.2 Å². The van der Waals surface area contributed by atoms with Crippen LogP contribution in [0.25, 0.3) is 0 Å². The van der Waals surface area contributed by atoms with Crippen LogP contribution in [-0.4, -0.2) is 26.4 Å². The molecule has 2 rings (SSSR count). The summed E-state index contributed by atoms with van der Waals surface area (Å²) in [7, 11) is 4.75. The van der Waals surface area contributed by atoms with E-state index in [2.05, 4.69) is 15.9 Å². The summed E-state index contributed by atoms with van der Waals surface area (Å²) < 4.78 is 16.5. The molecule has 1 aromatic heterocycles. The van der Waals surface area contributed by atoms with Gasteiger partial charge in [0.25, 0.3) is 0 Å². The number of hydrogen-bond donors (Lipinski definition) is 1. The highest BCUT2D eigenvalue weighted by Crippen LogP contribution is 2.40. The predicted octanol–water partition coefficient (Wildman–Crippen LogP) is 3.62. The first-order valence-corrected chi connectivity index (χ1v) is 7.49. The smallest absolute Gasteiger partial charge is 0.133 e. The molecule has 0 aliphatic carbocycles. The number of ether oxygens (including phenoxy) is 3. The van der Waals surface area contributed by atoms with Crippen molar-refractivity contribution in [3.8, 4) is 17.2 Å². The van der Waals surface area contributed by atoms with Gasteiger partial charge in [-0.15, -0.1) is 11.3 Å². The molecule has 0 saturated carbocycles. The van der Waals surface area contributed by atoms with Crippen molar-refractivity contribution < 1.29 is 19.3 Å². The Balaban J connectivity index is 2.44. The van der Waals surface area contributed by atoms with Crippen molar-refractivity contribution in [3.63, 3.8) is 0 Å². The summed E-state index contributed by atoms with van der Waals surface area (Å²) in [4.78, 5) is 0.782. The summed E-state index contributed by atoms with van der Waals surface area (Å²) in [6.07, 6.45) is -0.791. The monoisotopic (exact) mass is 358 g/mol. The van der Waals surface area contributed by atoms with Gasteiger partial charge in [-0.25, -0.2) is 0 Å². The number of benzene rings is 1. The fraction of sp³-hybridized carbons (Fsp3) is 0.286. The first-order chi connectivity index (χ1) is 9.60. The average molecular weight is 359 g/mol. The second-order valence-electron chi connectivity index (χ2n) is 4.02. The molecule has 1 heterocycles. The molecular formula is C14H15BrO4S. The van der Waals surface area contributed by atoms with Crippen molar-refractivity contribution in [2.75, 3.05) is 21.3 Å².